The van der Waals surface area contributed by atoms with Gasteiger partial charge in [0.2, 0.25) is 0 Å². The van der Waals surface area contributed by atoms with Crippen LogP contribution in [0.5, 0.6) is 0 Å². The van der Waals surface area contributed by atoms with E-state index >= 15 is 0 Å². The number of ketones is 1. The molecule has 14 heavy (non-hydrogen) atoms. The van der Waals surface area contributed by atoms with Crippen molar-refractivity contribution in [1.29, 1.82) is 0 Å². The molecule has 1 aromatic rings. The van der Waals surface area contributed by atoms with E-state index in [0.29, 0.717) is 4.47 Å². The topological polar surface area (TPSA) is 17.1 Å². The van der Waals surface area contributed by atoms with Gasteiger partial charge in [-0.15, -0.1) is 0 Å². The number of Topliss-reactive ketones (excluding diaryl/α,β-unsaturated/α-hetero) is 1. The first-order chi connectivity index (χ1) is 6.43. The normalized spacial score (nSPS) is 11.4. The van der Waals surface area contributed by atoms with E-state index in [1.165, 1.54) is 18.2 Å². The van der Waals surface area contributed by atoms with Gasteiger partial charge in [-0.3, -0.25) is 4.79 Å². The highest BCUT2D eigenvalue weighted by Gasteiger charge is 2.34. The number of hydrogen-bond acceptors (Lipinski definition) is 1. The molecule has 0 fully saturated rings. The van der Waals surface area contributed by atoms with Crippen LogP contribution in [0.25, 0.3) is 0 Å². The third-order valence-corrected chi connectivity index (χ3v) is 2.43. The number of benzene rings is 1. The third-order valence-electron chi connectivity index (χ3n) is 1.74. The van der Waals surface area contributed by atoms with Crippen LogP contribution in [0.3, 0.4) is 0 Å². The summed E-state index contributed by atoms with van der Waals surface area (Å²) in [6.45, 7) is 1.16. The Morgan fingerprint density at radius 1 is 1.43 bits per heavy atom. The molecule has 4 heteroatoms. The predicted molar refractivity (Wildman–Crippen MR) is 53.3 cm³/mol. The second-order valence-corrected chi connectivity index (χ2v) is 3.92. The van der Waals surface area contributed by atoms with Gasteiger partial charge < -0.3 is 0 Å². The van der Waals surface area contributed by atoms with E-state index in [1.807, 2.05) is 0 Å². The summed E-state index contributed by atoms with van der Waals surface area (Å²) in [5.41, 5.74) is -0.143. The Hall–Kier alpha value is -0.770. The van der Waals surface area contributed by atoms with E-state index < -0.39 is 18.1 Å². The van der Waals surface area contributed by atoms with Crippen molar-refractivity contribution in [3.63, 3.8) is 0 Å². The highest BCUT2D eigenvalue weighted by atomic mass is 79.9. The van der Waals surface area contributed by atoms with Crippen molar-refractivity contribution >= 4 is 21.7 Å². The van der Waals surface area contributed by atoms with Gasteiger partial charge in [0.05, 0.1) is 6.42 Å². The van der Waals surface area contributed by atoms with Gasteiger partial charge in [-0.05, 0) is 13.0 Å². The molecule has 0 radical (unpaired) electrons. The van der Waals surface area contributed by atoms with Crippen LogP contribution in [0.1, 0.15) is 18.9 Å². The first-order valence-corrected chi connectivity index (χ1v) is 4.85. The summed E-state index contributed by atoms with van der Waals surface area (Å²) >= 11 is 3.03. The SMILES string of the molecule is CC(=O)CC(F)(F)c1ccccc1Br. The van der Waals surface area contributed by atoms with Gasteiger partial charge in [0.25, 0.3) is 5.92 Å². The molecule has 0 aliphatic rings. The predicted octanol–water partition coefficient (Wildman–Crippen LogP) is 3.52. The molecule has 0 aromatic heterocycles. The molecule has 0 amide bonds. The molecule has 76 valence electrons. The van der Waals surface area contributed by atoms with E-state index in [0.717, 1.165) is 6.92 Å². The van der Waals surface area contributed by atoms with Crippen LogP contribution >= 0.6 is 15.9 Å². The first kappa shape index (κ1) is 11.3. The van der Waals surface area contributed by atoms with Crippen molar-refractivity contribution in [3.05, 3.63) is 34.3 Å². The second-order valence-electron chi connectivity index (χ2n) is 3.06. The minimum Gasteiger partial charge on any atom is -0.300 e. The van der Waals surface area contributed by atoms with Crippen molar-refractivity contribution < 1.29 is 13.6 Å². The number of carbonyl (C=O) groups is 1. The zero-order valence-corrected chi connectivity index (χ0v) is 9.14. The Morgan fingerprint density at radius 3 is 2.50 bits per heavy atom. The summed E-state index contributed by atoms with van der Waals surface area (Å²) in [4.78, 5) is 10.6. The molecular weight excluding hydrogens is 254 g/mol. The van der Waals surface area contributed by atoms with Gasteiger partial charge in [0.15, 0.2) is 0 Å². The van der Waals surface area contributed by atoms with Gasteiger partial charge >= 0.3 is 0 Å². The Kier molecular flexibility index (Phi) is 3.37. The molecular formula is C10H9BrF2O. The first-order valence-electron chi connectivity index (χ1n) is 4.06. The van der Waals surface area contributed by atoms with Crippen LogP contribution in [0.4, 0.5) is 8.78 Å². The Labute approximate surface area is 89.3 Å². The summed E-state index contributed by atoms with van der Waals surface area (Å²) in [5, 5.41) is 0. The minimum absolute atomic E-state index is 0.143. The Bertz CT molecular complexity index is 350. The lowest BCUT2D eigenvalue weighted by atomic mass is 10.0. The third kappa shape index (κ3) is 2.61. The summed E-state index contributed by atoms with van der Waals surface area (Å²) in [6.07, 6.45) is -0.754. The van der Waals surface area contributed by atoms with Crippen LogP contribution in [0, 0.1) is 0 Å². The molecule has 1 rings (SSSR count). The van der Waals surface area contributed by atoms with Crippen molar-refractivity contribution in [2.45, 2.75) is 19.3 Å². The standard InChI is InChI=1S/C10H9BrF2O/c1-7(14)6-10(12,13)8-4-2-3-5-9(8)11/h2-5H,6H2,1H3. The highest BCUT2D eigenvalue weighted by molar-refractivity contribution is 9.10. The fraction of sp³-hybridized carbons (Fsp3) is 0.300. The summed E-state index contributed by atoms with van der Waals surface area (Å²) in [6, 6.07) is 6.02. The molecule has 1 nitrogen and oxygen atoms in total. The smallest absolute Gasteiger partial charge is 0.281 e. The molecule has 0 spiro atoms. The van der Waals surface area contributed by atoms with Gasteiger partial charge in [-0.2, -0.15) is 0 Å². The molecule has 0 aliphatic carbocycles. The molecule has 0 atom stereocenters. The number of alkyl halides is 2. The number of halogens is 3. The van der Waals surface area contributed by atoms with Crippen LogP contribution in [0.15, 0.2) is 28.7 Å². The maximum absolute atomic E-state index is 13.4. The van der Waals surface area contributed by atoms with Crippen molar-refractivity contribution in [2.24, 2.45) is 0 Å². The maximum Gasteiger partial charge on any atom is 0.281 e. The molecule has 0 N–H and O–H groups in total. The van der Waals surface area contributed by atoms with Gasteiger partial charge in [-0.1, -0.05) is 34.1 Å². The summed E-state index contributed by atoms with van der Waals surface area (Å²) in [7, 11) is 0. The highest BCUT2D eigenvalue weighted by Crippen LogP contribution is 2.36. The van der Waals surface area contributed by atoms with E-state index in [1.54, 1.807) is 6.07 Å². The van der Waals surface area contributed by atoms with Crippen LogP contribution in [-0.2, 0) is 10.7 Å². The largest absolute Gasteiger partial charge is 0.300 e. The van der Waals surface area contributed by atoms with Crippen LogP contribution < -0.4 is 0 Å². The number of rotatable bonds is 3. The van der Waals surface area contributed by atoms with E-state index in [9.17, 15) is 13.6 Å². The lowest BCUT2D eigenvalue weighted by Crippen LogP contribution is -2.17. The average Bonchev–Trinajstić information content (AvgIpc) is 2.02. The zero-order chi connectivity index (χ0) is 10.8. The van der Waals surface area contributed by atoms with E-state index in [-0.39, 0.29) is 5.56 Å². The van der Waals surface area contributed by atoms with Crippen molar-refractivity contribution in [1.82, 2.24) is 0 Å². The molecule has 0 saturated heterocycles. The molecule has 0 bridgehead atoms. The van der Waals surface area contributed by atoms with Crippen LogP contribution in [-0.4, -0.2) is 5.78 Å². The monoisotopic (exact) mass is 262 g/mol. The van der Waals surface area contributed by atoms with E-state index in [2.05, 4.69) is 15.9 Å². The van der Waals surface area contributed by atoms with E-state index in [4.69, 9.17) is 0 Å². The number of carbonyl (C=O) groups excluding carboxylic acids is 1. The van der Waals surface area contributed by atoms with Crippen LogP contribution in [0.2, 0.25) is 0 Å². The lowest BCUT2D eigenvalue weighted by molar-refractivity contribution is -0.124. The second kappa shape index (κ2) is 4.17. The molecule has 0 unspecified atom stereocenters. The fourth-order valence-electron chi connectivity index (χ4n) is 1.17. The van der Waals surface area contributed by atoms with Crippen molar-refractivity contribution in [3.8, 4) is 0 Å². The summed E-state index contributed by atoms with van der Waals surface area (Å²) < 4.78 is 27.2. The quantitative estimate of drug-likeness (QED) is 0.815. The van der Waals surface area contributed by atoms with Crippen molar-refractivity contribution in [2.75, 3.05) is 0 Å². The van der Waals surface area contributed by atoms with Gasteiger partial charge in [0, 0.05) is 10.0 Å². The number of hydrogen-bond donors (Lipinski definition) is 0. The average molecular weight is 263 g/mol. The molecule has 0 heterocycles. The zero-order valence-electron chi connectivity index (χ0n) is 7.56. The molecule has 1 aromatic carbocycles. The summed E-state index contributed by atoms with van der Waals surface area (Å²) in [5.74, 6) is -3.61. The Morgan fingerprint density at radius 2 is 2.00 bits per heavy atom. The fourth-order valence-corrected chi connectivity index (χ4v) is 1.74. The van der Waals surface area contributed by atoms with Gasteiger partial charge in [-0.25, -0.2) is 8.78 Å². The maximum atomic E-state index is 13.4. The Balaban J connectivity index is 3.03. The lowest BCUT2D eigenvalue weighted by Gasteiger charge is -2.16. The molecule has 0 aliphatic heterocycles. The van der Waals surface area contributed by atoms with Gasteiger partial charge in [0.1, 0.15) is 5.78 Å². The molecule has 0 saturated carbocycles. The minimum atomic E-state index is -3.09.